The van der Waals surface area contributed by atoms with Crippen molar-refractivity contribution in [3.8, 4) is 0 Å². The normalized spacial score (nSPS) is 19.8. The van der Waals surface area contributed by atoms with Crippen LogP contribution in [0.3, 0.4) is 0 Å². The maximum atomic E-state index is 11.1. The van der Waals surface area contributed by atoms with Gasteiger partial charge in [-0.2, -0.15) is 0 Å². The number of fused-ring (bicyclic) bond motifs is 1. The van der Waals surface area contributed by atoms with Crippen LogP contribution in [0.25, 0.3) is 10.2 Å². The van der Waals surface area contributed by atoms with Crippen LogP contribution >= 0.6 is 11.3 Å². The third-order valence-corrected chi connectivity index (χ3v) is 4.46. The van der Waals surface area contributed by atoms with Crippen molar-refractivity contribution in [2.45, 2.75) is 19.8 Å². The van der Waals surface area contributed by atoms with Crippen molar-refractivity contribution in [3.63, 3.8) is 0 Å². The van der Waals surface area contributed by atoms with E-state index in [0.717, 1.165) is 35.4 Å². The number of carbonyl (C=O) groups is 1. The van der Waals surface area contributed by atoms with Gasteiger partial charge < -0.3 is 10.0 Å². The molecule has 0 bridgehead atoms. The number of carboxylic acids is 1. The number of aromatic nitrogens is 2. The number of piperidine rings is 1. The zero-order chi connectivity index (χ0) is 13.4. The van der Waals surface area contributed by atoms with E-state index >= 15 is 0 Å². The van der Waals surface area contributed by atoms with Crippen molar-refractivity contribution >= 4 is 33.3 Å². The maximum Gasteiger partial charge on any atom is 0.308 e. The first-order chi connectivity index (χ1) is 9.15. The van der Waals surface area contributed by atoms with Crippen LogP contribution in [-0.4, -0.2) is 34.1 Å². The number of anilines is 1. The average molecular weight is 277 g/mol. The van der Waals surface area contributed by atoms with Gasteiger partial charge in [0.15, 0.2) is 0 Å². The Morgan fingerprint density at radius 1 is 1.53 bits per heavy atom. The van der Waals surface area contributed by atoms with Crippen LogP contribution in [0.15, 0.2) is 12.4 Å². The molecule has 1 aliphatic rings. The van der Waals surface area contributed by atoms with Crippen molar-refractivity contribution in [3.05, 3.63) is 17.3 Å². The van der Waals surface area contributed by atoms with Gasteiger partial charge in [0, 0.05) is 18.0 Å². The molecule has 0 aliphatic carbocycles. The van der Waals surface area contributed by atoms with Crippen LogP contribution in [0.1, 0.15) is 17.7 Å². The molecule has 3 rings (SSSR count). The molecule has 5 nitrogen and oxygen atoms in total. The highest BCUT2D eigenvalue weighted by Crippen LogP contribution is 2.31. The van der Waals surface area contributed by atoms with Crippen molar-refractivity contribution in [2.24, 2.45) is 5.92 Å². The van der Waals surface area contributed by atoms with Crippen molar-refractivity contribution in [2.75, 3.05) is 18.0 Å². The Kier molecular flexibility index (Phi) is 3.10. The number of nitrogens with zero attached hydrogens (tertiary/aromatic N) is 3. The fourth-order valence-electron chi connectivity index (χ4n) is 2.59. The Morgan fingerprint density at radius 3 is 3.16 bits per heavy atom. The number of carboxylic acid groups (broad SMARTS) is 1. The summed E-state index contributed by atoms with van der Waals surface area (Å²) < 4.78 is 0. The fourth-order valence-corrected chi connectivity index (χ4v) is 3.43. The Bertz CT molecular complexity index is 625. The van der Waals surface area contributed by atoms with Crippen LogP contribution in [-0.2, 0) is 4.79 Å². The van der Waals surface area contributed by atoms with Crippen LogP contribution in [0, 0.1) is 12.8 Å². The molecule has 0 aromatic carbocycles. The second-order valence-corrected chi connectivity index (χ2v) is 6.13. The summed E-state index contributed by atoms with van der Waals surface area (Å²) in [5.41, 5.74) is 0. The molecule has 100 valence electrons. The summed E-state index contributed by atoms with van der Waals surface area (Å²) >= 11 is 1.64. The van der Waals surface area contributed by atoms with Gasteiger partial charge in [0.05, 0.1) is 11.3 Å². The van der Waals surface area contributed by atoms with Gasteiger partial charge in [-0.25, -0.2) is 9.97 Å². The lowest BCUT2D eigenvalue weighted by molar-refractivity contribution is -0.141. The first-order valence-corrected chi connectivity index (χ1v) is 7.15. The van der Waals surface area contributed by atoms with E-state index in [0.29, 0.717) is 6.54 Å². The molecule has 0 spiro atoms. The van der Waals surface area contributed by atoms with Crippen LogP contribution in [0.2, 0.25) is 0 Å². The van der Waals surface area contributed by atoms with E-state index in [-0.39, 0.29) is 5.92 Å². The van der Waals surface area contributed by atoms with Crippen LogP contribution < -0.4 is 4.90 Å². The van der Waals surface area contributed by atoms with Gasteiger partial charge in [0.2, 0.25) is 0 Å². The van der Waals surface area contributed by atoms with Gasteiger partial charge in [-0.15, -0.1) is 11.3 Å². The molecular weight excluding hydrogens is 262 g/mol. The minimum absolute atomic E-state index is 0.293. The first-order valence-electron chi connectivity index (χ1n) is 6.34. The zero-order valence-corrected chi connectivity index (χ0v) is 11.5. The van der Waals surface area contributed by atoms with Crippen molar-refractivity contribution in [1.29, 1.82) is 0 Å². The maximum absolute atomic E-state index is 11.1. The Balaban J connectivity index is 1.97. The van der Waals surface area contributed by atoms with Gasteiger partial charge in [-0.05, 0) is 25.8 Å². The average Bonchev–Trinajstić information content (AvgIpc) is 2.78. The predicted octanol–water partition coefficient (Wildman–Crippen LogP) is 2.30. The molecule has 1 fully saturated rings. The van der Waals surface area contributed by atoms with Crippen molar-refractivity contribution < 1.29 is 9.90 Å². The summed E-state index contributed by atoms with van der Waals surface area (Å²) in [4.78, 5) is 24.0. The fraction of sp³-hybridized carbons (Fsp3) is 0.462. The smallest absolute Gasteiger partial charge is 0.308 e. The molecule has 1 atom stereocenters. The molecule has 3 heterocycles. The Morgan fingerprint density at radius 2 is 2.37 bits per heavy atom. The molecule has 0 amide bonds. The van der Waals surface area contributed by atoms with Gasteiger partial charge in [-0.3, -0.25) is 4.79 Å². The number of aliphatic carboxylic acids is 1. The van der Waals surface area contributed by atoms with Crippen molar-refractivity contribution in [1.82, 2.24) is 9.97 Å². The lowest BCUT2D eigenvalue weighted by Gasteiger charge is -2.31. The third kappa shape index (κ3) is 2.28. The van der Waals surface area contributed by atoms with E-state index in [1.54, 1.807) is 17.7 Å². The minimum Gasteiger partial charge on any atom is -0.481 e. The van der Waals surface area contributed by atoms with E-state index in [9.17, 15) is 4.79 Å². The van der Waals surface area contributed by atoms with Gasteiger partial charge in [0.25, 0.3) is 0 Å². The highest BCUT2D eigenvalue weighted by Gasteiger charge is 2.27. The number of aryl methyl sites for hydroxylation is 1. The minimum atomic E-state index is -0.712. The highest BCUT2D eigenvalue weighted by atomic mass is 32.1. The molecular formula is C13H15N3O2S. The SMILES string of the molecule is Cc1cc2c(N3CCCC(C(=O)O)C3)ncnc2s1. The molecule has 19 heavy (non-hydrogen) atoms. The molecule has 2 aromatic rings. The summed E-state index contributed by atoms with van der Waals surface area (Å²) in [7, 11) is 0. The molecule has 1 unspecified atom stereocenters. The lowest BCUT2D eigenvalue weighted by atomic mass is 9.98. The molecule has 6 heteroatoms. The predicted molar refractivity (Wildman–Crippen MR) is 74.7 cm³/mol. The number of thiophene rings is 1. The molecule has 0 saturated carbocycles. The van der Waals surface area contributed by atoms with Gasteiger partial charge in [-0.1, -0.05) is 0 Å². The Labute approximate surface area is 114 Å². The Hall–Kier alpha value is -1.69. The molecule has 2 aromatic heterocycles. The molecule has 1 N–H and O–H groups in total. The highest BCUT2D eigenvalue weighted by molar-refractivity contribution is 7.18. The third-order valence-electron chi connectivity index (χ3n) is 3.50. The number of hydrogen-bond donors (Lipinski definition) is 1. The first kappa shape index (κ1) is 12.3. The largest absolute Gasteiger partial charge is 0.481 e. The van der Waals surface area contributed by atoms with E-state index in [1.165, 1.54) is 4.88 Å². The second kappa shape index (κ2) is 4.77. The summed E-state index contributed by atoms with van der Waals surface area (Å²) in [6.45, 7) is 3.45. The van der Waals surface area contributed by atoms with E-state index in [4.69, 9.17) is 5.11 Å². The molecule has 1 saturated heterocycles. The molecule has 1 aliphatic heterocycles. The number of hydrogen-bond acceptors (Lipinski definition) is 5. The number of rotatable bonds is 2. The van der Waals surface area contributed by atoms with Gasteiger partial charge in [0.1, 0.15) is 17.0 Å². The standard InChI is InChI=1S/C13H15N3O2S/c1-8-5-10-11(14-7-15-12(10)19-8)16-4-2-3-9(6-16)13(17)18/h5,7,9H,2-4,6H2,1H3,(H,17,18). The summed E-state index contributed by atoms with van der Waals surface area (Å²) in [6, 6.07) is 2.08. The second-order valence-electron chi connectivity index (χ2n) is 4.90. The topological polar surface area (TPSA) is 66.3 Å². The monoisotopic (exact) mass is 277 g/mol. The molecule has 0 radical (unpaired) electrons. The van der Waals surface area contributed by atoms with E-state index in [2.05, 4.69) is 20.9 Å². The van der Waals surface area contributed by atoms with Gasteiger partial charge >= 0.3 is 5.97 Å². The lowest BCUT2D eigenvalue weighted by Crippen LogP contribution is -2.39. The zero-order valence-electron chi connectivity index (χ0n) is 10.7. The van der Waals surface area contributed by atoms with E-state index < -0.39 is 5.97 Å². The quantitative estimate of drug-likeness (QED) is 0.912. The van der Waals surface area contributed by atoms with Crippen LogP contribution in [0.5, 0.6) is 0 Å². The van der Waals surface area contributed by atoms with E-state index in [1.807, 2.05) is 6.92 Å². The van der Waals surface area contributed by atoms with Crippen LogP contribution in [0.4, 0.5) is 5.82 Å². The summed E-state index contributed by atoms with van der Waals surface area (Å²) in [6.07, 6.45) is 3.21. The summed E-state index contributed by atoms with van der Waals surface area (Å²) in [5.74, 6) is -0.129. The summed E-state index contributed by atoms with van der Waals surface area (Å²) in [5, 5.41) is 10.2.